The number of carbonyl (C=O) groups is 1. The molecule has 2 rings (SSSR count). The summed E-state index contributed by atoms with van der Waals surface area (Å²) in [6, 6.07) is 1.97. The number of carboxylic acid groups (broad SMARTS) is 1. The zero-order valence-corrected chi connectivity index (χ0v) is 10.3. The summed E-state index contributed by atoms with van der Waals surface area (Å²) in [7, 11) is 0. The van der Waals surface area contributed by atoms with Crippen molar-refractivity contribution in [1.82, 2.24) is 15.2 Å². The highest BCUT2D eigenvalue weighted by Gasteiger charge is 2.01. The lowest BCUT2D eigenvalue weighted by molar-refractivity contribution is -0.131. The predicted octanol–water partition coefficient (Wildman–Crippen LogP) is 2.26. The standard InChI is InChI=1S/C10H9N3O2S2/c14-9(15)2-1-7-3-8(16-4-7)5-17-10-11-6-12-13-10/h1-4,6H,5H2,(H,14,15)(H,11,12,13). The van der Waals surface area contributed by atoms with Gasteiger partial charge in [-0.05, 0) is 23.1 Å². The Labute approximate surface area is 106 Å². The van der Waals surface area contributed by atoms with Gasteiger partial charge in [0.2, 0.25) is 0 Å². The molecule has 7 heteroatoms. The highest BCUT2D eigenvalue weighted by molar-refractivity contribution is 7.98. The van der Waals surface area contributed by atoms with Crippen LogP contribution >= 0.6 is 23.1 Å². The minimum absolute atomic E-state index is 0.779. The quantitative estimate of drug-likeness (QED) is 0.641. The molecule has 0 amide bonds. The molecule has 0 saturated heterocycles. The van der Waals surface area contributed by atoms with Crippen molar-refractivity contribution in [2.45, 2.75) is 10.9 Å². The molecule has 2 aromatic heterocycles. The van der Waals surface area contributed by atoms with E-state index in [2.05, 4.69) is 15.2 Å². The van der Waals surface area contributed by atoms with Gasteiger partial charge < -0.3 is 5.11 Å². The molecule has 88 valence electrons. The van der Waals surface area contributed by atoms with E-state index >= 15 is 0 Å². The van der Waals surface area contributed by atoms with Gasteiger partial charge in [-0.15, -0.1) is 11.3 Å². The molecule has 5 nitrogen and oxygen atoms in total. The van der Waals surface area contributed by atoms with Crippen LogP contribution in [0, 0.1) is 0 Å². The van der Waals surface area contributed by atoms with Gasteiger partial charge in [0.15, 0.2) is 5.16 Å². The summed E-state index contributed by atoms with van der Waals surface area (Å²) in [5.41, 5.74) is 0.908. The van der Waals surface area contributed by atoms with Gasteiger partial charge in [0.25, 0.3) is 0 Å². The Morgan fingerprint density at radius 1 is 1.65 bits per heavy atom. The first kappa shape index (κ1) is 11.9. The fourth-order valence-electron chi connectivity index (χ4n) is 1.13. The van der Waals surface area contributed by atoms with Crippen LogP contribution in [-0.4, -0.2) is 26.3 Å². The summed E-state index contributed by atoms with van der Waals surface area (Å²) in [6.07, 6.45) is 4.19. The second kappa shape index (κ2) is 5.65. The Bertz CT molecular complexity index is 519. The Balaban J connectivity index is 1.92. The fourth-order valence-corrected chi connectivity index (χ4v) is 2.82. The molecule has 0 fully saturated rings. The molecule has 0 bridgehead atoms. The number of nitrogens with one attached hydrogen (secondary N) is 1. The number of carboxylic acids is 1. The number of hydrogen-bond acceptors (Lipinski definition) is 5. The molecule has 0 atom stereocenters. The molecule has 2 N–H and O–H groups in total. The predicted molar refractivity (Wildman–Crippen MR) is 66.9 cm³/mol. The second-order valence-electron chi connectivity index (χ2n) is 3.10. The lowest BCUT2D eigenvalue weighted by Crippen LogP contribution is -1.84. The van der Waals surface area contributed by atoms with Crippen LogP contribution in [0.2, 0.25) is 0 Å². The molecular formula is C10H9N3O2S2. The number of nitrogens with zero attached hydrogens (tertiary/aromatic N) is 2. The second-order valence-corrected chi connectivity index (χ2v) is 5.06. The van der Waals surface area contributed by atoms with E-state index in [0.29, 0.717) is 0 Å². The summed E-state index contributed by atoms with van der Waals surface area (Å²) in [5, 5.41) is 17.7. The van der Waals surface area contributed by atoms with Crippen molar-refractivity contribution in [3.05, 3.63) is 34.3 Å². The number of H-pyrrole nitrogens is 1. The van der Waals surface area contributed by atoms with Crippen LogP contribution in [0.5, 0.6) is 0 Å². The Morgan fingerprint density at radius 3 is 3.24 bits per heavy atom. The summed E-state index contributed by atoms with van der Waals surface area (Å²) in [5.74, 6) is -0.144. The van der Waals surface area contributed by atoms with E-state index in [-0.39, 0.29) is 0 Å². The molecule has 17 heavy (non-hydrogen) atoms. The number of thiophene rings is 1. The molecule has 0 aliphatic carbocycles. The van der Waals surface area contributed by atoms with Crippen molar-refractivity contribution in [3.63, 3.8) is 0 Å². The van der Waals surface area contributed by atoms with Gasteiger partial charge in [-0.2, -0.15) is 5.10 Å². The lowest BCUT2D eigenvalue weighted by Gasteiger charge is -1.92. The minimum Gasteiger partial charge on any atom is -0.478 e. The molecule has 0 aliphatic heterocycles. The molecule has 0 saturated carbocycles. The van der Waals surface area contributed by atoms with Crippen LogP contribution in [0.15, 0.2) is 29.0 Å². The average molecular weight is 267 g/mol. The van der Waals surface area contributed by atoms with Crippen LogP contribution in [0.4, 0.5) is 0 Å². The molecule has 0 aromatic carbocycles. The Morgan fingerprint density at radius 2 is 2.53 bits per heavy atom. The highest BCUT2D eigenvalue weighted by atomic mass is 32.2. The molecule has 0 spiro atoms. The Hall–Kier alpha value is -1.60. The van der Waals surface area contributed by atoms with Gasteiger partial charge in [-0.3, -0.25) is 5.10 Å². The third kappa shape index (κ3) is 3.72. The van der Waals surface area contributed by atoms with E-state index < -0.39 is 5.97 Å². The van der Waals surface area contributed by atoms with Gasteiger partial charge in [-0.25, -0.2) is 9.78 Å². The normalized spacial score (nSPS) is 11.1. The van der Waals surface area contributed by atoms with Crippen LogP contribution in [-0.2, 0) is 10.5 Å². The van der Waals surface area contributed by atoms with Gasteiger partial charge in [-0.1, -0.05) is 11.8 Å². The molecule has 0 radical (unpaired) electrons. The largest absolute Gasteiger partial charge is 0.478 e. The smallest absolute Gasteiger partial charge is 0.328 e. The zero-order chi connectivity index (χ0) is 12.1. The monoisotopic (exact) mass is 267 g/mol. The third-order valence-electron chi connectivity index (χ3n) is 1.84. The average Bonchev–Trinajstić information content (AvgIpc) is 2.95. The van der Waals surface area contributed by atoms with E-state index in [1.807, 2.05) is 11.4 Å². The van der Waals surface area contributed by atoms with Crippen molar-refractivity contribution >= 4 is 35.1 Å². The number of hydrogen-bond donors (Lipinski definition) is 2. The van der Waals surface area contributed by atoms with Gasteiger partial charge in [0, 0.05) is 16.7 Å². The summed E-state index contributed by atoms with van der Waals surface area (Å²) in [6.45, 7) is 0. The van der Waals surface area contributed by atoms with Crippen molar-refractivity contribution in [2.24, 2.45) is 0 Å². The van der Waals surface area contributed by atoms with E-state index in [1.165, 1.54) is 6.33 Å². The van der Waals surface area contributed by atoms with Crippen molar-refractivity contribution < 1.29 is 9.90 Å². The van der Waals surface area contributed by atoms with Crippen LogP contribution in [0.1, 0.15) is 10.4 Å². The van der Waals surface area contributed by atoms with E-state index in [4.69, 9.17) is 5.11 Å². The number of thioether (sulfide) groups is 1. The maximum atomic E-state index is 10.4. The van der Waals surface area contributed by atoms with Crippen LogP contribution < -0.4 is 0 Å². The number of aliphatic carboxylic acids is 1. The van der Waals surface area contributed by atoms with Crippen LogP contribution in [0.25, 0.3) is 6.08 Å². The summed E-state index contributed by atoms with van der Waals surface area (Å²) >= 11 is 3.15. The van der Waals surface area contributed by atoms with E-state index in [0.717, 1.165) is 27.4 Å². The molecule has 0 aliphatic rings. The molecular weight excluding hydrogens is 258 g/mol. The lowest BCUT2D eigenvalue weighted by atomic mass is 10.3. The van der Waals surface area contributed by atoms with Gasteiger partial charge in [0.1, 0.15) is 6.33 Å². The summed E-state index contributed by atoms with van der Waals surface area (Å²) < 4.78 is 0. The third-order valence-corrected chi connectivity index (χ3v) is 3.90. The van der Waals surface area contributed by atoms with Gasteiger partial charge in [0.05, 0.1) is 0 Å². The molecule has 2 aromatic rings. The first-order chi connectivity index (χ1) is 8.24. The zero-order valence-electron chi connectivity index (χ0n) is 8.66. The Kier molecular flexibility index (Phi) is 3.94. The maximum absolute atomic E-state index is 10.4. The topological polar surface area (TPSA) is 78.9 Å². The van der Waals surface area contributed by atoms with Crippen molar-refractivity contribution in [3.8, 4) is 0 Å². The van der Waals surface area contributed by atoms with E-state index in [9.17, 15) is 4.79 Å². The SMILES string of the molecule is O=C(O)C=Cc1csc(CSc2ncn[nH]2)c1. The first-order valence-corrected chi connectivity index (χ1v) is 6.57. The van der Waals surface area contributed by atoms with Crippen molar-refractivity contribution in [1.29, 1.82) is 0 Å². The van der Waals surface area contributed by atoms with E-state index in [1.54, 1.807) is 29.2 Å². The molecule has 2 heterocycles. The minimum atomic E-state index is -0.936. The number of aromatic nitrogens is 3. The maximum Gasteiger partial charge on any atom is 0.328 e. The van der Waals surface area contributed by atoms with Crippen molar-refractivity contribution in [2.75, 3.05) is 0 Å². The molecule has 0 unspecified atom stereocenters. The summed E-state index contributed by atoms with van der Waals surface area (Å²) in [4.78, 5) is 15.5. The van der Waals surface area contributed by atoms with Crippen LogP contribution in [0.3, 0.4) is 0 Å². The number of aromatic amines is 1. The first-order valence-electron chi connectivity index (χ1n) is 4.70. The van der Waals surface area contributed by atoms with Gasteiger partial charge >= 0.3 is 5.97 Å². The highest BCUT2D eigenvalue weighted by Crippen LogP contribution is 2.24. The fraction of sp³-hybridized carbons (Fsp3) is 0.100. The number of rotatable bonds is 5.